The third kappa shape index (κ3) is 2.83. The third-order valence-corrected chi connectivity index (χ3v) is 1.76. The predicted molar refractivity (Wildman–Crippen MR) is 52.6 cm³/mol. The molecule has 0 saturated heterocycles. The van der Waals surface area contributed by atoms with Crippen molar-refractivity contribution in [3.8, 4) is 5.75 Å². The van der Waals surface area contributed by atoms with E-state index in [4.69, 9.17) is 28.2 Å². The fourth-order valence-corrected chi connectivity index (χ4v) is 1.03. The minimum Gasteiger partial charge on any atom is -0.506 e. The van der Waals surface area contributed by atoms with Crippen LogP contribution in [-0.2, 0) is 6.54 Å². The summed E-state index contributed by atoms with van der Waals surface area (Å²) in [5.74, 6) is 0.0827. The SMILES string of the molecule is NC(N)=NCc1ccc(O)c(Cl)c1. The standard InChI is InChI=1S/C8H10ClN3O/c9-6-3-5(1-2-7(6)13)4-12-8(10)11/h1-3,13H,4H2,(H4,10,11,12). The van der Waals surface area contributed by atoms with Crippen LogP contribution in [0.4, 0.5) is 0 Å². The monoisotopic (exact) mass is 199 g/mol. The van der Waals surface area contributed by atoms with Crippen molar-refractivity contribution in [2.24, 2.45) is 16.5 Å². The average Bonchev–Trinajstić information content (AvgIpc) is 2.07. The van der Waals surface area contributed by atoms with Crippen LogP contribution in [0.3, 0.4) is 0 Å². The second-order valence-corrected chi connectivity index (χ2v) is 2.93. The molecule has 0 amide bonds. The fourth-order valence-electron chi connectivity index (χ4n) is 0.831. The first-order valence-electron chi connectivity index (χ1n) is 3.62. The van der Waals surface area contributed by atoms with E-state index in [2.05, 4.69) is 4.99 Å². The van der Waals surface area contributed by atoms with E-state index in [1.165, 1.54) is 6.07 Å². The van der Waals surface area contributed by atoms with Gasteiger partial charge in [-0.25, -0.2) is 4.99 Å². The van der Waals surface area contributed by atoms with Crippen LogP contribution in [0.1, 0.15) is 5.56 Å². The Bertz CT molecular complexity index is 334. The molecule has 0 heterocycles. The van der Waals surface area contributed by atoms with Crippen molar-refractivity contribution in [3.63, 3.8) is 0 Å². The van der Waals surface area contributed by atoms with Gasteiger partial charge in [0.05, 0.1) is 11.6 Å². The molecule has 0 radical (unpaired) electrons. The van der Waals surface area contributed by atoms with E-state index in [1.807, 2.05) is 0 Å². The second-order valence-electron chi connectivity index (χ2n) is 2.53. The number of hydrogen-bond donors (Lipinski definition) is 3. The quantitative estimate of drug-likeness (QED) is 0.487. The van der Waals surface area contributed by atoms with Crippen molar-refractivity contribution in [2.45, 2.75) is 6.54 Å². The molecule has 0 unspecified atom stereocenters. The smallest absolute Gasteiger partial charge is 0.186 e. The Hall–Kier alpha value is -1.42. The lowest BCUT2D eigenvalue weighted by Crippen LogP contribution is -2.22. The first-order valence-corrected chi connectivity index (χ1v) is 4.00. The van der Waals surface area contributed by atoms with E-state index in [-0.39, 0.29) is 11.7 Å². The van der Waals surface area contributed by atoms with E-state index in [1.54, 1.807) is 12.1 Å². The molecule has 0 spiro atoms. The summed E-state index contributed by atoms with van der Waals surface area (Å²) in [6.07, 6.45) is 0. The maximum Gasteiger partial charge on any atom is 0.186 e. The predicted octanol–water partition coefficient (Wildman–Crippen LogP) is 0.819. The van der Waals surface area contributed by atoms with Crippen LogP contribution < -0.4 is 11.5 Å². The van der Waals surface area contributed by atoms with Crippen LogP contribution in [0.2, 0.25) is 5.02 Å². The molecular weight excluding hydrogens is 190 g/mol. The highest BCUT2D eigenvalue weighted by Crippen LogP contribution is 2.23. The Morgan fingerprint density at radius 3 is 2.69 bits per heavy atom. The van der Waals surface area contributed by atoms with Gasteiger partial charge in [0, 0.05) is 0 Å². The number of benzene rings is 1. The van der Waals surface area contributed by atoms with Gasteiger partial charge in [-0.1, -0.05) is 17.7 Å². The Balaban J connectivity index is 2.80. The number of hydrogen-bond acceptors (Lipinski definition) is 2. The van der Waals surface area contributed by atoms with Crippen molar-refractivity contribution in [3.05, 3.63) is 28.8 Å². The van der Waals surface area contributed by atoms with Crippen LogP contribution in [0.5, 0.6) is 5.75 Å². The summed E-state index contributed by atoms with van der Waals surface area (Å²) in [5.41, 5.74) is 11.2. The highest BCUT2D eigenvalue weighted by atomic mass is 35.5. The molecule has 0 aliphatic heterocycles. The lowest BCUT2D eigenvalue weighted by atomic mass is 10.2. The Morgan fingerprint density at radius 2 is 2.15 bits per heavy atom. The third-order valence-electron chi connectivity index (χ3n) is 1.46. The van der Waals surface area contributed by atoms with E-state index in [9.17, 15) is 0 Å². The number of phenolic OH excluding ortho intramolecular Hbond substituents is 1. The number of nitrogens with two attached hydrogens (primary N) is 2. The highest BCUT2D eigenvalue weighted by Gasteiger charge is 1.98. The number of phenols is 1. The Morgan fingerprint density at radius 1 is 1.46 bits per heavy atom. The summed E-state index contributed by atoms with van der Waals surface area (Å²) in [7, 11) is 0. The maximum absolute atomic E-state index is 9.10. The van der Waals surface area contributed by atoms with Gasteiger partial charge < -0.3 is 16.6 Å². The molecule has 0 bridgehead atoms. The second kappa shape index (κ2) is 4.00. The molecule has 0 saturated carbocycles. The number of halogens is 1. The van der Waals surface area contributed by atoms with Crippen molar-refractivity contribution in [1.82, 2.24) is 0 Å². The Labute approximate surface area is 80.8 Å². The molecular formula is C8H10ClN3O. The summed E-state index contributed by atoms with van der Waals surface area (Å²) in [4.78, 5) is 3.80. The molecule has 70 valence electrons. The van der Waals surface area contributed by atoms with Gasteiger partial charge in [-0.05, 0) is 17.7 Å². The minimum atomic E-state index is 0.0317. The lowest BCUT2D eigenvalue weighted by Gasteiger charge is -1.99. The van der Waals surface area contributed by atoms with E-state index in [0.717, 1.165) is 5.56 Å². The van der Waals surface area contributed by atoms with E-state index < -0.39 is 0 Å². The number of rotatable bonds is 2. The summed E-state index contributed by atoms with van der Waals surface area (Å²) in [6, 6.07) is 4.82. The molecule has 0 aliphatic rings. The zero-order chi connectivity index (χ0) is 9.84. The van der Waals surface area contributed by atoms with Crippen LogP contribution >= 0.6 is 11.6 Å². The zero-order valence-corrected chi connectivity index (χ0v) is 7.62. The largest absolute Gasteiger partial charge is 0.506 e. The number of nitrogens with zero attached hydrogens (tertiary/aromatic N) is 1. The van der Waals surface area contributed by atoms with Crippen LogP contribution in [0.15, 0.2) is 23.2 Å². The average molecular weight is 200 g/mol. The molecule has 13 heavy (non-hydrogen) atoms. The lowest BCUT2D eigenvalue weighted by molar-refractivity contribution is 0.475. The van der Waals surface area contributed by atoms with Crippen LogP contribution in [0, 0.1) is 0 Å². The molecule has 4 nitrogen and oxygen atoms in total. The molecule has 5 N–H and O–H groups in total. The van der Waals surface area contributed by atoms with E-state index >= 15 is 0 Å². The minimum absolute atomic E-state index is 0.0317. The molecule has 0 aromatic heterocycles. The van der Waals surface area contributed by atoms with Gasteiger partial charge in [0.2, 0.25) is 0 Å². The molecule has 1 rings (SSSR count). The van der Waals surface area contributed by atoms with Gasteiger partial charge in [0.25, 0.3) is 0 Å². The van der Waals surface area contributed by atoms with Crippen LogP contribution in [0.25, 0.3) is 0 Å². The number of guanidine groups is 1. The van der Waals surface area contributed by atoms with Crippen molar-refractivity contribution < 1.29 is 5.11 Å². The normalized spacial score (nSPS) is 9.62. The van der Waals surface area contributed by atoms with Crippen molar-refractivity contribution in [2.75, 3.05) is 0 Å². The zero-order valence-electron chi connectivity index (χ0n) is 6.87. The van der Waals surface area contributed by atoms with Gasteiger partial charge >= 0.3 is 0 Å². The molecule has 0 aliphatic carbocycles. The fraction of sp³-hybridized carbons (Fsp3) is 0.125. The molecule has 1 aromatic carbocycles. The Kier molecular flexibility index (Phi) is 2.97. The summed E-state index contributed by atoms with van der Waals surface area (Å²) in [5, 5.41) is 9.40. The van der Waals surface area contributed by atoms with Crippen LogP contribution in [-0.4, -0.2) is 11.1 Å². The van der Waals surface area contributed by atoms with Gasteiger partial charge in [-0.3, -0.25) is 0 Å². The van der Waals surface area contributed by atoms with E-state index in [0.29, 0.717) is 11.6 Å². The highest BCUT2D eigenvalue weighted by molar-refractivity contribution is 6.32. The first kappa shape index (κ1) is 9.67. The number of aliphatic imine (C=N–C) groups is 1. The van der Waals surface area contributed by atoms with Gasteiger partial charge in [0.15, 0.2) is 5.96 Å². The van der Waals surface area contributed by atoms with Gasteiger partial charge in [0.1, 0.15) is 5.75 Å². The topological polar surface area (TPSA) is 84.6 Å². The van der Waals surface area contributed by atoms with Gasteiger partial charge in [-0.2, -0.15) is 0 Å². The summed E-state index contributed by atoms with van der Waals surface area (Å²) in [6.45, 7) is 0.363. The summed E-state index contributed by atoms with van der Waals surface area (Å²) >= 11 is 5.67. The van der Waals surface area contributed by atoms with Crippen molar-refractivity contribution >= 4 is 17.6 Å². The van der Waals surface area contributed by atoms with Gasteiger partial charge in [-0.15, -0.1) is 0 Å². The first-order chi connectivity index (χ1) is 6.09. The van der Waals surface area contributed by atoms with Crippen molar-refractivity contribution in [1.29, 1.82) is 0 Å². The molecule has 0 fully saturated rings. The maximum atomic E-state index is 9.10. The summed E-state index contributed by atoms with van der Waals surface area (Å²) < 4.78 is 0. The molecule has 1 aromatic rings. The number of aromatic hydroxyl groups is 1. The molecule has 0 atom stereocenters. The molecule has 5 heteroatoms.